The number of hydrogen-bond acceptors (Lipinski definition) is 0. The topological polar surface area (TPSA) is 0 Å². The molecule has 1 aromatic carbocycles. The maximum atomic E-state index is 5.43. The minimum absolute atomic E-state index is 0.511. The molecule has 86 valence electrons. The van der Waals surface area contributed by atoms with Gasteiger partial charge in [0.05, 0.1) is 0 Å². The summed E-state index contributed by atoms with van der Waals surface area (Å²) in [4.78, 5) is 0. The second-order valence-electron chi connectivity index (χ2n) is 4.10. The van der Waals surface area contributed by atoms with E-state index in [-0.39, 0.29) is 0 Å². The Morgan fingerprint density at radius 2 is 2.12 bits per heavy atom. The summed E-state index contributed by atoms with van der Waals surface area (Å²) in [5, 5.41) is 0. The van der Waals surface area contributed by atoms with Gasteiger partial charge in [-0.05, 0) is 36.0 Å². The summed E-state index contributed by atoms with van der Waals surface area (Å²) in [5.74, 6) is 3.30. The maximum Gasteiger partial charge on any atom is 0.0210 e. The Labute approximate surface area is 108 Å². The predicted octanol–water partition coefficient (Wildman–Crippen LogP) is 4.92. The third kappa shape index (κ3) is 3.39. The third-order valence-corrected chi connectivity index (χ3v) is 3.67. The summed E-state index contributed by atoms with van der Waals surface area (Å²) < 4.78 is 1.21. The van der Waals surface area contributed by atoms with E-state index in [0.29, 0.717) is 5.92 Å². The van der Waals surface area contributed by atoms with E-state index in [1.165, 1.54) is 28.4 Å². The molecule has 1 rings (SSSR count). The molecule has 0 aliphatic carbocycles. The second-order valence-corrected chi connectivity index (χ2v) is 4.95. The van der Waals surface area contributed by atoms with Gasteiger partial charge in [0.2, 0.25) is 0 Å². The van der Waals surface area contributed by atoms with Crippen LogP contribution in [0.15, 0.2) is 22.7 Å². The fourth-order valence-corrected chi connectivity index (χ4v) is 2.66. The smallest absolute Gasteiger partial charge is 0.0210 e. The van der Waals surface area contributed by atoms with E-state index >= 15 is 0 Å². The molecular weight excluding hydrogens is 260 g/mol. The Hall–Kier alpha value is -0.740. The van der Waals surface area contributed by atoms with E-state index in [1.54, 1.807) is 0 Å². The van der Waals surface area contributed by atoms with Crippen LogP contribution >= 0.6 is 15.9 Å². The van der Waals surface area contributed by atoms with Gasteiger partial charge >= 0.3 is 0 Å². The van der Waals surface area contributed by atoms with Crippen LogP contribution in [0.4, 0.5) is 0 Å². The molecule has 0 amide bonds. The summed E-state index contributed by atoms with van der Waals surface area (Å²) in [7, 11) is 0. The van der Waals surface area contributed by atoms with Crippen molar-refractivity contribution in [1.29, 1.82) is 0 Å². The minimum Gasteiger partial charge on any atom is -0.120 e. The zero-order valence-corrected chi connectivity index (χ0v) is 11.7. The number of rotatable bonds is 5. The molecule has 0 bridgehead atoms. The number of halogens is 1. The summed E-state index contributed by atoms with van der Waals surface area (Å²) in [6, 6.07) is 6.66. The normalized spacial score (nSPS) is 12.1. The number of terminal acetylenes is 1. The first kappa shape index (κ1) is 13.3. The van der Waals surface area contributed by atoms with Gasteiger partial charge in [-0.1, -0.05) is 48.3 Å². The van der Waals surface area contributed by atoms with Crippen molar-refractivity contribution in [3.63, 3.8) is 0 Å². The molecule has 1 atom stereocenters. The third-order valence-electron chi connectivity index (χ3n) is 2.93. The zero-order chi connectivity index (χ0) is 12.0. The van der Waals surface area contributed by atoms with Crippen LogP contribution in [0.2, 0.25) is 0 Å². The zero-order valence-electron chi connectivity index (χ0n) is 10.1. The molecule has 0 aliphatic rings. The molecule has 1 unspecified atom stereocenters. The molecule has 0 N–H and O–H groups in total. The number of benzene rings is 1. The fraction of sp³-hybridized carbons (Fsp3) is 0.467. The highest BCUT2D eigenvalue weighted by Crippen LogP contribution is 2.28. The predicted molar refractivity (Wildman–Crippen MR) is 74.6 cm³/mol. The van der Waals surface area contributed by atoms with E-state index in [2.05, 4.69) is 53.9 Å². The number of aryl methyl sites for hydroxylation is 1. The lowest BCUT2D eigenvalue weighted by atomic mass is 9.91. The van der Waals surface area contributed by atoms with Gasteiger partial charge in [-0.15, -0.1) is 12.3 Å². The maximum absolute atomic E-state index is 5.43. The molecule has 0 radical (unpaired) electrons. The molecule has 0 fully saturated rings. The highest BCUT2D eigenvalue weighted by molar-refractivity contribution is 9.10. The quantitative estimate of drug-likeness (QED) is 0.671. The molecule has 0 heterocycles. The number of hydrogen-bond donors (Lipinski definition) is 0. The van der Waals surface area contributed by atoms with Gasteiger partial charge < -0.3 is 0 Å². The average Bonchev–Trinajstić information content (AvgIpc) is 2.28. The molecule has 0 spiro atoms. The van der Waals surface area contributed by atoms with Crippen LogP contribution in [0.5, 0.6) is 0 Å². The molecule has 0 aliphatic heterocycles. The van der Waals surface area contributed by atoms with Gasteiger partial charge in [-0.3, -0.25) is 0 Å². The Bertz CT molecular complexity index is 374. The Balaban J connectivity index is 2.93. The monoisotopic (exact) mass is 278 g/mol. The highest BCUT2D eigenvalue weighted by Gasteiger charge is 2.10. The van der Waals surface area contributed by atoms with Crippen LogP contribution in [0.25, 0.3) is 0 Å². The van der Waals surface area contributed by atoms with Crippen molar-refractivity contribution in [3.8, 4) is 12.3 Å². The van der Waals surface area contributed by atoms with Crippen LogP contribution in [-0.4, -0.2) is 0 Å². The van der Waals surface area contributed by atoms with Crippen molar-refractivity contribution in [2.75, 3.05) is 0 Å². The summed E-state index contributed by atoms with van der Waals surface area (Å²) >= 11 is 3.63. The Morgan fingerprint density at radius 1 is 1.38 bits per heavy atom. The molecule has 0 nitrogen and oxygen atoms in total. The van der Waals surface area contributed by atoms with Gasteiger partial charge in [0, 0.05) is 10.9 Å². The van der Waals surface area contributed by atoms with Gasteiger partial charge in [0.15, 0.2) is 0 Å². The van der Waals surface area contributed by atoms with Crippen LogP contribution in [0.3, 0.4) is 0 Å². The van der Waals surface area contributed by atoms with Crippen molar-refractivity contribution >= 4 is 15.9 Å². The van der Waals surface area contributed by atoms with Crippen molar-refractivity contribution in [3.05, 3.63) is 33.8 Å². The van der Waals surface area contributed by atoms with Gasteiger partial charge in [0.25, 0.3) is 0 Å². The molecule has 16 heavy (non-hydrogen) atoms. The SMILES string of the molecule is C#CCC(CCC)c1ccc(CC)c(Br)c1. The summed E-state index contributed by atoms with van der Waals surface area (Å²) in [6.07, 6.45) is 9.68. The Kier molecular flexibility index (Phi) is 5.63. The minimum atomic E-state index is 0.511. The van der Waals surface area contributed by atoms with E-state index in [9.17, 15) is 0 Å². The van der Waals surface area contributed by atoms with Crippen LogP contribution in [0.1, 0.15) is 50.2 Å². The summed E-state index contributed by atoms with van der Waals surface area (Å²) in [6.45, 7) is 4.38. The average molecular weight is 279 g/mol. The molecule has 0 aromatic heterocycles. The van der Waals surface area contributed by atoms with Crippen LogP contribution in [-0.2, 0) is 6.42 Å². The Morgan fingerprint density at radius 3 is 2.62 bits per heavy atom. The van der Waals surface area contributed by atoms with E-state index in [0.717, 1.165) is 12.8 Å². The lowest BCUT2D eigenvalue weighted by Gasteiger charge is -2.15. The first-order valence-electron chi connectivity index (χ1n) is 5.94. The van der Waals surface area contributed by atoms with Crippen LogP contribution in [0, 0.1) is 12.3 Å². The van der Waals surface area contributed by atoms with Crippen molar-refractivity contribution in [2.24, 2.45) is 0 Å². The first-order valence-corrected chi connectivity index (χ1v) is 6.74. The molecule has 0 saturated carbocycles. The molecular formula is C15H19Br. The lowest BCUT2D eigenvalue weighted by Crippen LogP contribution is -1.98. The van der Waals surface area contributed by atoms with E-state index in [1.807, 2.05) is 0 Å². The first-order chi connectivity index (χ1) is 7.72. The largest absolute Gasteiger partial charge is 0.120 e. The van der Waals surface area contributed by atoms with Crippen molar-refractivity contribution < 1.29 is 0 Å². The van der Waals surface area contributed by atoms with Crippen molar-refractivity contribution in [2.45, 2.75) is 45.4 Å². The van der Waals surface area contributed by atoms with Crippen molar-refractivity contribution in [1.82, 2.24) is 0 Å². The van der Waals surface area contributed by atoms with Crippen LogP contribution < -0.4 is 0 Å². The van der Waals surface area contributed by atoms with Gasteiger partial charge in [-0.2, -0.15) is 0 Å². The molecule has 1 aromatic rings. The van der Waals surface area contributed by atoms with Gasteiger partial charge in [0.1, 0.15) is 0 Å². The highest BCUT2D eigenvalue weighted by atomic mass is 79.9. The molecule has 0 saturated heterocycles. The standard InChI is InChI=1S/C15H19Br/c1-4-7-13(8-5-2)14-10-9-12(6-3)15(16)11-14/h1,9-11,13H,5-8H2,2-3H3. The lowest BCUT2D eigenvalue weighted by molar-refractivity contribution is 0.628. The summed E-state index contributed by atoms with van der Waals surface area (Å²) in [5.41, 5.74) is 2.73. The molecule has 1 heteroatoms. The van der Waals surface area contributed by atoms with Gasteiger partial charge in [-0.25, -0.2) is 0 Å². The fourth-order valence-electron chi connectivity index (χ4n) is 1.98. The van der Waals surface area contributed by atoms with E-state index < -0.39 is 0 Å². The van der Waals surface area contributed by atoms with E-state index in [4.69, 9.17) is 6.42 Å². The second kappa shape index (κ2) is 6.76.